The van der Waals surface area contributed by atoms with Crippen molar-refractivity contribution in [1.29, 1.82) is 0 Å². The summed E-state index contributed by atoms with van der Waals surface area (Å²) >= 11 is 7.39. The van der Waals surface area contributed by atoms with Crippen LogP contribution in [0.4, 0.5) is 0 Å². The van der Waals surface area contributed by atoms with E-state index >= 15 is 0 Å². The molecule has 3 nitrogen and oxygen atoms in total. The van der Waals surface area contributed by atoms with E-state index in [0.29, 0.717) is 23.1 Å². The maximum atomic E-state index is 11.2. The minimum atomic E-state index is -0.196. The first kappa shape index (κ1) is 14.2. The van der Waals surface area contributed by atoms with Gasteiger partial charge in [0.05, 0.1) is 19.5 Å². The minimum absolute atomic E-state index is 0.196. The molecule has 0 bridgehead atoms. The third-order valence-electron chi connectivity index (χ3n) is 2.03. The molecule has 0 aliphatic carbocycles. The number of rotatable bonds is 6. The predicted molar refractivity (Wildman–Crippen MR) is 70.8 cm³/mol. The molecule has 0 aromatic heterocycles. The number of methoxy groups -OCH3 is 1. The lowest BCUT2D eigenvalue weighted by atomic mass is 10.2. The van der Waals surface area contributed by atoms with E-state index < -0.39 is 0 Å². The Bertz CT molecular complexity index is 382. The van der Waals surface area contributed by atoms with Crippen LogP contribution in [0.1, 0.15) is 12.5 Å². The van der Waals surface area contributed by atoms with Crippen molar-refractivity contribution in [2.45, 2.75) is 12.7 Å². The Morgan fingerprint density at radius 2 is 2.24 bits per heavy atom. The van der Waals surface area contributed by atoms with Gasteiger partial charge in [-0.25, -0.2) is 0 Å². The molecule has 0 fully saturated rings. The van der Waals surface area contributed by atoms with Crippen LogP contribution in [0.3, 0.4) is 0 Å². The Labute approximate surface area is 110 Å². The summed E-state index contributed by atoms with van der Waals surface area (Å²) in [7, 11) is 1.61. The lowest BCUT2D eigenvalue weighted by molar-refractivity contribution is -0.139. The largest absolute Gasteiger partial charge is 0.496 e. The Balaban J connectivity index is 2.50. The molecule has 1 rings (SSSR count). The number of esters is 1. The number of benzene rings is 1. The van der Waals surface area contributed by atoms with Crippen molar-refractivity contribution in [2.24, 2.45) is 0 Å². The molecule has 0 heterocycles. The van der Waals surface area contributed by atoms with E-state index in [1.807, 2.05) is 12.1 Å². The van der Waals surface area contributed by atoms with Gasteiger partial charge in [-0.05, 0) is 25.1 Å². The Morgan fingerprint density at radius 3 is 2.88 bits per heavy atom. The van der Waals surface area contributed by atoms with Crippen LogP contribution >= 0.6 is 23.4 Å². The molecule has 0 amide bonds. The highest BCUT2D eigenvalue weighted by Crippen LogP contribution is 2.26. The molecule has 0 radical (unpaired) electrons. The van der Waals surface area contributed by atoms with E-state index in [1.165, 1.54) is 11.8 Å². The van der Waals surface area contributed by atoms with Crippen molar-refractivity contribution in [3.8, 4) is 5.75 Å². The Kier molecular flexibility index (Phi) is 6.22. The van der Waals surface area contributed by atoms with Crippen LogP contribution in [0.25, 0.3) is 0 Å². The number of carbonyl (C=O) groups excluding carboxylic acids is 1. The average molecular weight is 275 g/mol. The Hall–Kier alpha value is -0.870. The molecule has 0 saturated heterocycles. The van der Waals surface area contributed by atoms with E-state index in [2.05, 4.69) is 0 Å². The summed E-state index contributed by atoms with van der Waals surface area (Å²) in [6, 6.07) is 5.45. The highest BCUT2D eigenvalue weighted by atomic mass is 35.5. The molecule has 0 atom stereocenters. The van der Waals surface area contributed by atoms with Crippen molar-refractivity contribution in [3.05, 3.63) is 28.8 Å². The van der Waals surface area contributed by atoms with Crippen LogP contribution in [-0.2, 0) is 15.3 Å². The second-order valence-corrected chi connectivity index (χ2v) is 4.68. The van der Waals surface area contributed by atoms with Crippen molar-refractivity contribution < 1.29 is 14.3 Å². The van der Waals surface area contributed by atoms with Gasteiger partial charge in [0.2, 0.25) is 0 Å². The van der Waals surface area contributed by atoms with Crippen LogP contribution in [0.2, 0.25) is 5.02 Å². The molecule has 0 spiro atoms. The quantitative estimate of drug-likeness (QED) is 0.747. The maximum Gasteiger partial charge on any atom is 0.315 e. The van der Waals surface area contributed by atoms with Crippen LogP contribution in [0, 0.1) is 0 Å². The van der Waals surface area contributed by atoms with Crippen molar-refractivity contribution in [1.82, 2.24) is 0 Å². The molecule has 0 aliphatic rings. The number of hydrogen-bond acceptors (Lipinski definition) is 4. The number of ether oxygens (including phenoxy) is 2. The van der Waals surface area contributed by atoms with E-state index in [1.54, 1.807) is 20.1 Å². The van der Waals surface area contributed by atoms with Gasteiger partial charge < -0.3 is 9.47 Å². The average Bonchev–Trinajstić information content (AvgIpc) is 2.30. The van der Waals surface area contributed by atoms with Gasteiger partial charge in [-0.1, -0.05) is 11.6 Å². The number of carbonyl (C=O) groups is 1. The molecule has 0 saturated carbocycles. The molecule has 5 heteroatoms. The van der Waals surface area contributed by atoms with E-state index in [-0.39, 0.29) is 5.97 Å². The number of hydrogen-bond donors (Lipinski definition) is 0. The lowest BCUT2D eigenvalue weighted by Gasteiger charge is -2.08. The van der Waals surface area contributed by atoms with Gasteiger partial charge in [0.15, 0.2) is 0 Å². The molecule has 0 aliphatic heterocycles. The fraction of sp³-hybridized carbons (Fsp3) is 0.417. The molecule has 94 valence electrons. The molecule has 17 heavy (non-hydrogen) atoms. The van der Waals surface area contributed by atoms with Crippen molar-refractivity contribution >= 4 is 29.3 Å². The normalized spacial score (nSPS) is 10.1. The van der Waals surface area contributed by atoms with Gasteiger partial charge >= 0.3 is 5.97 Å². The summed E-state index contributed by atoms with van der Waals surface area (Å²) in [6.45, 7) is 2.21. The van der Waals surface area contributed by atoms with Crippen molar-refractivity contribution in [3.63, 3.8) is 0 Å². The summed E-state index contributed by atoms with van der Waals surface area (Å²) in [5, 5.41) is 0.664. The lowest BCUT2D eigenvalue weighted by Crippen LogP contribution is -2.06. The monoisotopic (exact) mass is 274 g/mol. The first-order valence-electron chi connectivity index (χ1n) is 5.23. The first-order valence-corrected chi connectivity index (χ1v) is 6.76. The molecular weight excluding hydrogens is 260 g/mol. The highest BCUT2D eigenvalue weighted by Gasteiger charge is 2.06. The summed E-state index contributed by atoms with van der Waals surface area (Å²) < 4.78 is 10.1. The summed E-state index contributed by atoms with van der Waals surface area (Å²) in [6.07, 6.45) is 0. The zero-order valence-electron chi connectivity index (χ0n) is 9.86. The van der Waals surface area contributed by atoms with Gasteiger partial charge in [-0.2, -0.15) is 0 Å². The molecule has 0 unspecified atom stereocenters. The van der Waals surface area contributed by atoms with Gasteiger partial charge in [0, 0.05) is 16.3 Å². The molecule has 1 aromatic rings. The van der Waals surface area contributed by atoms with Gasteiger partial charge in [-0.15, -0.1) is 11.8 Å². The fourth-order valence-electron chi connectivity index (χ4n) is 1.31. The van der Waals surface area contributed by atoms with Gasteiger partial charge in [-0.3, -0.25) is 4.79 Å². The smallest absolute Gasteiger partial charge is 0.315 e. The fourth-order valence-corrected chi connectivity index (χ4v) is 2.30. The zero-order chi connectivity index (χ0) is 12.7. The van der Waals surface area contributed by atoms with Crippen LogP contribution < -0.4 is 4.74 Å². The first-order chi connectivity index (χ1) is 8.17. The topological polar surface area (TPSA) is 35.5 Å². The van der Waals surface area contributed by atoms with Crippen LogP contribution in [-0.4, -0.2) is 25.4 Å². The Morgan fingerprint density at radius 1 is 1.47 bits per heavy atom. The third-order valence-corrected chi connectivity index (χ3v) is 3.22. The predicted octanol–water partition coefficient (Wildman–Crippen LogP) is 3.14. The second-order valence-electron chi connectivity index (χ2n) is 3.25. The van der Waals surface area contributed by atoms with Crippen LogP contribution in [0.5, 0.6) is 5.75 Å². The number of halogens is 1. The van der Waals surface area contributed by atoms with Gasteiger partial charge in [0.1, 0.15) is 5.75 Å². The SMILES string of the molecule is CCOC(=O)CSCc1cc(Cl)ccc1OC. The van der Waals surface area contributed by atoms with Crippen LogP contribution in [0.15, 0.2) is 18.2 Å². The molecule has 0 N–H and O–H groups in total. The summed E-state index contributed by atoms with van der Waals surface area (Å²) in [5.74, 6) is 1.59. The highest BCUT2D eigenvalue weighted by molar-refractivity contribution is 7.99. The summed E-state index contributed by atoms with van der Waals surface area (Å²) in [5.41, 5.74) is 0.981. The zero-order valence-corrected chi connectivity index (χ0v) is 11.4. The second kappa shape index (κ2) is 7.45. The third kappa shape index (κ3) is 4.88. The molecule has 1 aromatic carbocycles. The number of thioether (sulfide) groups is 1. The molecular formula is C12H15ClO3S. The maximum absolute atomic E-state index is 11.2. The van der Waals surface area contributed by atoms with Crippen molar-refractivity contribution in [2.75, 3.05) is 19.5 Å². The van der Waals surface area contributed by atoms with E-state index in [0.717, 1.165) is 11.3 Å². The van der Waals surface area contributed by atoms with Gasteiger partial charge in [0.25, 0.3) is 0 Å². The van der Waals surface area contributed by atoms with E-state index in [9.17, 15) is 4.79 Å². The van der Waals surface area contributed by atoms with E-state index in [4.69, 9.17) is 21.1 Å². The standard InChI is InChI=1S/C12H15ClO3S/c1-3-16-12(14)8-17-7-9-6-10(13)4-5-11(9)15-2/h4-6H,3,7-8H2,1-2H3. The minimum Gasteiger partial charge on any atom is -0.496 e. The summed E-state index contributed by atoms with van der Waals surface area (Å²) in [4.78, 5) is 11.2.